The van der Waals surface area contributed by atoms with Gasteiger partial charge in [0.25, 0.3) is 5.91 Å². The molecule has 144 valence electrons. The van der Waals surface area contributed by atoms with E-state index in [0.717, 1.165) is 12.2 Å². The molecule has 4 heteroatoms. The minimum absolute atomic E-state index is 0.295. The fourth-order valence-corrected chi connectivity index (χ4v) is 3.56. The summed E-state index contributed by atoms with van der Waals surface area (Å²) in [4.78, 5) is 10.8. The van der Waals surface area contributed by atoms with Crippen molar-refractivity contribution in [3.05, 3.63) is 0 Å². The van der Waals surface area contributed by atoms with Gasteiger partial charge in [0, 0.05) is 5.75 Å². The Balaban J connectivity index is 2.99. The van der Waals surface area contributed by atoms with Crippen molar-refractivity contribution in [2.24, 2.45) is 0 Å². The molecule has 0 radical (unpaired) electrons. The molecule has 0 aliphatic rings. The second-order valence-corrected chi connectivity index (χ2v) is 7.74. The summed E-state index contributed by atoms with van der Waals surface area (Å²) in [5.74, 6) is 0.654. The smallest absolute Gasteiger partial charge is 0.255 e. The average molecular weight is 360 g/mol. The SMILES string of the molecule is CCCCCCCCCCCCCCCCCCSNC(=O)CO. The summed E-state index contributed by atoms with van der Waals surface area (Å²) >= 11 is 1.41. The highest BCUT2D eigenvalue weighted by Gasteiger charge is 1.97. The van der Waals surface area contributed by atoms with Gasteiger partial charge in [-0.05, 0) is 6.42 Å². The standard InChI is InChI=1S/C20H41NO2S/c1-2-3-4-5-6-7-8-9-10-11-12-13-14-15-16-17-18-24-21-20(23)19-22/h22H,2-19H2,1H3,(H,21,23). The third-order valence-electron chi connectivity index (χ3n) is 4.43. The molecule has 0 saturated heterocycles. The fourth-order valence-electron chi connectivity index (χ4n) is 2.89. The van der Waals surface area contributed by atoms with Gasteiger partial charge in [-0.15, -0.1) is 0 Å². The lowest BCUT2D eigenvalue weighted by Crippen LogP contribution is -2.19. The van der Waals surface area contributed by atoms with Gasteiger partial charge in [-0.1, -0.05) is 115 Å². The van der Waals surface area contributed by atoms with Gasteiger partial charge in [0.15, 0.2) is 0 Å². The monoisotopic (exact) mass is 359 g/mol. The number of carbonyl (C=O) groups is 1. The summed E-state index contributed by atoms with van der Waals surface area (Å²) in [5.41, 5.74) is 0. The first-order valence-electron chi connectivity index (χ1n) is 10.3. The Labute approximate surface area is 154 Å². The van der Waals surface area contributed by atoms with E-state index in [1.165, 1.54) is 108 Å². The average Bonchev–Trinajstić information content (AvgIpc) is 2.60. The molecule has 0 unspecified atom stereocenters. The molecule has 0 heterocycles. The molecule has 0 rings (SSSR count). The number of aliphatic hydroxyl groups excluding tert-OH is 1. The van der Waals surface area contributed by atoms with Crippen LogP contribution >= 0.6 is 11.9 Å². The van der Waals surface area contributed by atoms with E-state index in [4.69, 9.17) is 5.11 Å². The minimum atomic E-state index is -0.411. The van der Waals surface area contributed by atoms with E-state index in [2.05, 4.69) is 11.6 Å². The van der Waals surface area contributed by atoms with Crippen LogP contribution in [0.3, 0.4) is 0 Å². The van der Waals surface area contributed by atoms with Gasteiger partial charge in [-0.25, -0.2) is 0 Å². The molecule has 0 fully saturated rings. The van der Waals surface area contributed by atoms with Crippen LogP contribution in [0.25, 0.3) is 0 Å². The van der Waals surface area contributed by atoms with Crippen LogP contribution < -0.4 is 4.72 Å². The van der Waals surface area contributed by atoms with Gasteiger partial charge in [0.1, 0.15) is 6.61 Å². The Bertz CT molecular complexity index is 262. The van der Waals surface area contributed by atoms with Gasteiger partial charge in [0.2, 0.25) is 0 Å². The zero-order chi connectivity index (χ0) is 17.7. The van der Waals surface area contributed by atoms with Gasteiger partial charge < -0.3 is 5.11 Å². The first-order chi connectivity index (χ1) is 11.8. The first-order valence-corrected chi connectivity index (χ1v) is 11.3. The molecule has 0 saturated carbocycles. The molecule has 0 aliphatic carbocycles. The molecule has 0 aromatic heterocycles. The van der Waals surface area contributed by atoms with Crippen molar-refractivity contribution in [2.45, 2.75) is 110 Å². The number of nitrogens with one attached hydrogen (secondary N) is 1. The molecule has 0 aromatic rings. The number of rotatable bonds is 19. The third kappa shape index (κ3) is 19.8. The van der Waals surface area contributed by atoms with E-state index in [0.29, 0.717) is 0 Å². The van der Waals surface area contributed by atoms with Crippen LogP contribution in [0.2, 0.25) is 0 Å². The molecule has 24 heavy (non-hydrogen) atoms. The molecule has 0 atom stereocenters. The van der Waals surface area contributed by atoms with Gasteiger partial charge in [-0.3, -0.25) is 9.52 Å². The second kappa shape index (κ2) is 20.8. The van der Waals surface area contributed by atoms with Crippen molar-refractivity contribution in [3.8, 4) is 0 Å². The molecule has 1 amide bonds. The minimum Gasteiger partial charge on any atom is -0.387 e. The topological polar surface area (TPSA) is 49.3 Å². The van der Waals surface area contributed by atoms with Crippen LogP contribution in [-0.4, -0.2) is 23.4 Å². The van der Waals surface area contributed by atoms with Crippen LogP contribution in [0.1, 0.15) is 110 Å². The molecule has 0 aliphatic heterocycles. The Morgan fingerprint density at radius 2 is 1.08 bits per heavy atom. The van der Waals surface area contributed by atoms with Crippen molar-refractivity contribution in [3.63, 3.8) is 0 Å². The lowest BCUT2D eigenvalue weighted by Gasteiger charge is -2.04. The molecular weight excluding hydrogens is 318 g/mol. The maximum Gasteiger partial charge on any atom is 0.255 e. The lowest BCUT2D eigenvalue weighted by molar-refractivity contribution is -0.121. The summed E-state index contributed by atoms with van der Waals surface area (Å²) in [7, 11) is 0. The van der Waals surface area contributed by atoms with E-state index in [1.807, 2.05) is 0 Å². The van der Waals surface area contributed by atoms with Crippen molar-refractivity contribution in [1.29, 1.82) is 0 Å². The van der Waals surface area contributed by atoms with Crippen molar-refractivity contribution in [2.75, 3.05) is 12.4 Å². The maximum absolute atomic E-state index is 10.8. The highest BCUT2D eigenvalue weighted by atomic mass is 32.2. The fraction of sp³-hybridized carbons (Fsp3) is 0.950. The van der Waals surface area contributed by atoms with Gasteiger partial charge >= 0.3 is 0 Å². The number of unbranched alkanes of at least 4 members (excludes halogenated alkanes) is 15. The Morgan fingerprint density at radius 1 is 0.708 bits per heavy atom. The zero-order valence-electron chi connectivity index (χ0n) is 16.0. The number of hydrogen-bond acceptors (Lipinski definition) is 3. The molecule has 0 spiro atoms. The second-order valence-electron chi connectivity index (χ2n) is 6.84. The van der Waals surface area contributed by atoms with Crippen LogP contribution in [0.5, 0.6) is 0 Å². The summed E-state index contributed by atoms with van der Waals surface area (Å²) in [6.45, 7) is 1.87. The van der Waals surface area contributed by atoms with Crippen LogP contribution in [0.4, 0.5) is 0 Å². The highest BCUT2D eigenvalue weighted by Crippen LogP contribution is 2.14. The van der Waals surface area contributed by atoms with Crippen molar-refractivity contribution < 1.29 is 9.90 Å². The number of amides is 1. The number of carbonyl (C=O) groups excluding carboxylic acids is 1. The summed E-state index contributed by atoms with van der Waals surface area (Å²) in [5, 5.41) is 8.55. The summed E-state index contributed by atoms with van der Waals surface area (Å²) in [6, 6.07) is 0. The normalized spacial score (nSPS) is 10.9. The maximum atomic E-state index is 10.8. The van der Waals surface area contributed by atoms with E-state index >= 15 is 0 Å². The Kier molecular flexibility index (Phi) is 20.6. The molecule has 0 bridgehead atoms. The molecule has 0 aromatic carbocycles. The predicted molar refractivity (Wildman–Crippen MR) is 107 cm³/mol. The third-order valence-corrected chi connectivity index (χ3v) is 5.29. The summed E-state index contributed by atoms with van der Waals surface area (Å²) < 4.78 is 2.61. The lowest BCUT2D eigenvalue weighted by atomic mass is 10.0. The predicted octanol–water partition coefficient (Wildman–Crippen LogP) is 6.00. The Hall–Kier alpha value is -0.220. The van der Waals surface area contributed by atoms with Gasteiger partial charge in [0.05, 0.1) is 0 Å². The van der Waals surface area contributed by atoms with Crippen LogP contribution in [0.15, 0.2) is 0 Å². The van der Waals surface area contributed by atoms with Gasteiger partial charge in [-0.2, -0.15) is 0 Å². The Morgan fingerprint density at radius 3 is 1.46 bits per heavy atom. The molecule has 3 nitrogen and oxygen atoms in total. The van der Waals surface area contributed by atoms with E-state index in [1.54, 1.807) is 0 Å². The van der Waals surface area contributed by atoms with Crippen LogP contribution in [-0.2, 0) is 4.79 Å². The first kappa shape index (κ1) is 23.8. The highest BCUT2D eigenvalue weighted by molar-refractivity contribution is 7.97. The summed E-state index contributed by atoms with van der Waals surface area (Å²) in [6.07, 6.45) is 22.1. The largest absolute Gasteiger partial charge is 0.387 e. The van der Waals surface area contributed by atoms with E-state index in [-0.39, 0.29) is 5.91 Å². The zero-order valence-corrected chi connectivity index (χ0v) is 16.8. The molecule has 2 N–H and O–H groups in total. The molecular formula is C20H41NO2S. The number of hydrogen-bond donors (Lipinski definition) is 2. The quantitative estimate of drug-likeness (QED) is 0.219. The van der Waals surface area contributed by atoms with Crippen molar-refractivity contribution >= 4 is 17.9 Å². The van der Waals surface area contributed by atoms with E-state index in [9.17, 15) is 4.79 Å². The van der Waals surface area contributed by atoms with E-state index < -0.39 is 6.61 Å². The number of aliphatic hydroxyl groups is 1. The van der Waals surface area contributed by atoms with Crippen molar-refractivity contribution in [1.82, 2.24) is 4.72 Å². The van der Waals surface area contributed by atoms with Crippen LogP contribution in [0, 0.1) is 0 Å².